The van der Waals surface area contributed by atoms with E-state index in [1.54, 1.807) is 0 Å². The van der Waals surface area contributed by atoms with Crippen LogP contribution in [-0.2, 0) is 0 Å². The van der Waals surface area contributed by atoms with E-state index in [1.807, 2.05) is 49.4 Å². The molecule has 98 valence electrons. The Morgan fingerprint density at radius 2 is 1.47 bits per heavy atom. The first kappa shape index (κ1) is 13.6. The molecule has 0 aliphatic carbocycles. The highest BCUT2D eigenvalue weighted by Gasteiger charge is 2.14. The highest BCUT2D eigenvalue weighted by atomic mass is 16.3. The highest BCUT2D eigenvalue weighted by molar-refractivity contribution is 5.64. The van der Waals surface area contributed by atoms with Crippen LogP contribution in [0.1, 0.15) is 30.9 Å². The van der Waals surface area contributed by atoms with Crippen molar-refractivity contribution >= 4 is 5.57 Å². The number of benzene rings is 2. The number of aliphatic hydroxyl groups excluding tert-OH is 1. The Morgan fingerprint density at radius 3 is 2.05 bits per heavy atom. The number of aliphatic hydroxyl groups is 1. The minimum atomic E-state index is -0.470. The molecule has 0 spiro atoms. The largest absolute Gasteiger partial charge is 0.388 e. The Labute approximate surface area is 115 Å². The van der Waals surface area contributed by atoms with Crippen LogP contribution in [0.15, 0.2) is 66.7 Å². The maximum atomic E-state index is 10.3. The van der Waals surface area contributed by atoms with E-state index in [9.17, 15) is 5.11 Å². The lowest BCUT2D eigenvalue weighted by molar-refractivity contribution is 0.197. The summed E-state index contributed by atoms with van der Waals surface area (Å²) in [4.78, 5) is 0. The van der Waals surface area contributed by atoms with Crippen LogP contribution < -0.4 is 0 Å². The molecule has 0 bridgehead atoms. The van der Waals surface area contributed by atoms with Crippen molar-refractivity contribution < 1.29 is 5.11 Å². The van der Waals surface area contributed by atoms with Gasteiger partial charge in [-0.2, -0.15) is 0 Å². The fraction of sp³-hybridized carbons (Fsp3) is 0.222. The van der Waals surface area contributed by atoms with E-state index >= 15 is 0 Å². The van der Waals surface area contributed by atoms with Crippen LogP contribution in [0, 0.1) is 0 Å². The molecule has 2 rings (SSSR count). The van der Waals surface area contributed by atoms with Gasteiger partial charge in [0, 0.05) is 5.92 Å². The van der Waals surface area contributed by atoms with Crippen molar-refractivity contribution in [2.24, 2.45) is 0 Å². The second kappa shape index (κ2) is 6.35. The predicted octanol–water partition coefficient (Wildman–Crippen LogP) is 4.25. The molecule has 0 fully saturated rings. The normalized spacial score (nSPS) is 15.0. The molecule has 2 aromatic rings. The fourth-order valence-electron chi connectivity index (χ4n) is 2.15. The second-order valence-corrected chi connectivity index (χ2v) is 4.91. The Kier molecular flexibility index (Phi) is 4.53. The van der Waals surface area contributed by atoms with E-state index in [-0.39, 0.29) is 5.92 Å². The average Bonchev–Trinajstić information content (AvgIpc) is 2.48. The molecule has 0 saturated heterocycles. The summed E-state index contributed by atoms with van der Waals surface area (Å²) in [6, 6.07) is 20.3. The van der Waals surface area contributed by atoms with E-state index in [0.717, 1.165) is 16.7 Å². The smallest absolute Gasteiger partial charge is 0.0792 e. The summed E-state index contributed by atoms with van der Waals surface area (Å²) in [7, 11) is 0. The van der Waals surface area contributed by atoms with Crippen LogP contribution in [0.5, 0.6) is 0 Å². The van der Waals surface area contributed by atoms with Crippen LogP contribution in [0.4, 0.5) is 0 Å². The first-order chi connectivity index (χ1) is 9.18. The minimum Gasteiger partial charge on any atom is -0.388 e. The molecule has 0 aliphatic heterocycles. The molecule has 0 aromatic heterocycles. The van der Waals surface area contributed by atoms with Crippen molar-refractivity contribution in [2.75, 3.05) is 0 Å². The third kappa shape index (κ3) is 3.55. The van der Waals surface area contributed by atoms with Crippen LogP contribution in [0.3, 0.4) is 0 Å². The molecule has 1 heteroatoms. The number of rotatable bonds is 4. The van der Waals surface area contributed by atoms with Crippen molar-refractivity contribution in [1.29, 1.82) is 0 Å². The van der Waals surface area contributed by atoms with Crippen molar-refractivity contribution in [3.05, 3.63) is 77.9 Å². The van der Waals surface area contributed by atoms with Gasteiger partial charge in [0.25, 0.3) is 0 Å². The Bertz CT molecular complexity index is 528. The molecule has 19 heavy (non-hydrogen) atoms. The molecule has 2 atom stereocenters. The van der Waals surface area contributed by atoms with Crippen molar-refractivity contribution in [1.82, 2.24) is 0 Å². The van der Waals surface area contributed by atoms with Crippen molar-refractivity contribution in [2.45, 2.75) is 25.9 Å². The minimum absolute atomic E-state index is 0.0971. The molecule has 0 amide bonds. The number of hydrogen-bond donors (Lipinski definition) is 1. The summed E-state index contributed by atoms with van der Waals surface area (Å²) >= 11 is 0. The fourth-order valence-corrected chi connectivity index (χ4v) is 2.15. The molecule has 0 aliphatic rings. The van der Waals surface area contributed by atoms with Gasteiger partial charge in [-0.25, -0.2) is 0 Å². The van der Waals surface area contributed by atoms with E-state index in [4.69, 9.17) is 0 Å². The summed E-state index contributed by atoms with van der Waals surface area (Å²) in [5.41, 5.74) is 3.42. The van der Waals surface area contributed by atoms with Crippen molar-refractivity contribution in [3.63, 3.8) is 0 Å². The van der Waals surface area contributed by atoms with Crippen molar-refractivity contribution in [3.8, 4) is 0 Å². The third-order valence-electron chi connectivity index (χ3n) is 3.49. The molecule has 0 saturated carbocycles. The molecule has 0 unspecified atom stereocenters. The SMILES string of the molecule is C/C(=C\[C@H](O)[C@@H](C)c1ccccc1)c1ccccc1. The summed E-state index contributed by atoms with van der Waals surface area (Å²) in [6.45, 7) is 4.09. The van der Waals surface area contributed by atoms with Gasteiger partial charge in [-0.3, -0.25) is 0 Å². The predicted molar refractivity (Wildman–Crippen MR) is 81.0 cm³/mol. The summed E-state index contributed by atoms with van der Waals surface area (Å²) in [5, 5.41) is 10.3. The molecule has 1 N–H and O–H groups in total. The van der Waals surface area contributed by atoms with Gasteiger partial charge in [-0.05, 0) is 23.6 Å². The maximum Gasteiger partial charge on any atom is 0.0792 e. The first-order valence-corrected chi connectivity index (χ1v) is 6.65. The Balaban J connectivity index is 2.14. The summed E-state index contributed by atoms with van der Waals surface area (Å²) in [5.74, 6) is 0.0971. The van der Waals surface area contributed by atoms with Crippen LogP contribution in [0.2, 0.25) is 0 Å². The molecular formula is C18H20O. The monoisotopic (exact) mass is 252 g/mol. The van der Waals surface area contributed by atoms with E-state index in [1.165, 1.54) is 0 Å². The quantitative estimate of drug-likeness (QED) is 0.862. The van der Waals surface area contributed by atoms with Gasteiger partial charge in [0.2, 0.25) is 0 Å². The van der Waals surface area contributed by atoms with Gasteiger partial charge in [0.1, 0.15) is 0 Å². The Hall–Kier alpha value is -1.86. The Morgan fingerprint density at radius 1 is 0.947 bits per heavy atom. The number of allylic oxidation sites excluding steroid dienone is 1. The highest BCUT2D eigenvalue weighted by Crippen LogP contribution is 2.22. The summed E-state index contributed by atoms with van der Waals surface area (Å²) < 4.78 is 0. The topological polar surface area (TPSA) is 20.2 Å². The lowest BCUT2D eigenvalue weighted by atomic mass is 9.93. The second-order valence-electron chi connectivity index (χ2n) is 4.91. The molecule has 0 radical (unpaired) electrons. The maximum absolute atomic E-state index is 10.3. The van der Waals surface area contributed by atoms with Gasteiger partial charge in [0.05, 0.1) is 6.10 Å². The standard InChI is InChI=1S/C18H20O/c1-14(16-9-5-3-6-10-16)13-18(19)15(2)17-11-7-4-8-12-17/h3-13,15,18-19H,1-2H3/b14-13+/t15-,18-/m0/s1. The molecule has 1 nitrogen and oxygen atoms in total. The lowest BCUT2D eigenvalue weighted by Gasteiger charge is -2.17. The third-order valence-corrected chi connectivity index (χ3v) is 3.49. The van der Waals surface area contributed by atoms with E-state index < -0.39 is 6.10 Å². The van der Waals surface area contributed by atoms with Crippen LogP contribution >= 0.6 is 0 Å². The van der Waals surface area contributed by atoms with E-state index in [0.29, 0.717) is 0 Å². The zero-order chi connectivity index (χ0) is 13.7. The van der Waals surface area contributed by atoms with Gasteiger partial charge in [-0.15, -0.1) is 0 Å². The van der Waals surface area contributed by atoms with E-state index in [2.05, 4.69) is 31.2 Å². The average molecular weight is 252 g/mol. The van der Waals surface area contributed by atoms with Gasteiger partial charge in [-0.1, -0.05) is 73.7 Å². The number of hydrogen-bond acceptors (Lipinski definition) is 1. The zero-order valence-corrected chi connectivity index (χ0v) is 11.5. The van der Waals surface area contributed by atoms with Crippen LogP contribution in [-0.4, -0.2) is 11.2 Å². The first-order valence-electron chi connectivity index (χ1n) is 6.65. The zero-order valence-electron chi connectivity index (χ0n) is 11.5. The van der Waals surface area contributed by atoms with Gasteiger partial charge >= 0.3 is 0 Å². The van der Waals surface area contributed by atoms with Crippen LogP contribution in [0.25, 0.3) is 5.57 Å². The summed E-state index contributed by atoms with van der Waals surface area (Å²) in [6.07, 6.45) is 1.47. The van der Waals surface area contributed by atoms with Gasteiger partial charge in [0.15, 0.2) is 0 Å². The van der Waals surface area contributed by atoms with Gasteiger partial charge < -0.3 is 5.11 Å². The lowest BCUT2D eigenvalue weighted by Crippen LogP contribution is -2.13. The molecule has 2 aromatic carbocycles. The molecular weight excluding hydrogens is 232 g/mol. The molecule has 0 heterocycles.